The molecule has 0 heterocycles. The van der Waals surface area contributed by atoms with Crippen molar-refractivity contribution in [3.05, 3.63) is 35.1 Å². The largest absolute Gasteiger partial charge is 0.323 e. The molecule has 0 amide bonds. The first-order valence-electron chi connectivity index (χ1n) is 4.01. The predicted molar refractivity (Wildman–Crippen MR) is 48.3 cm³/mol. The van der Waals surface area contributed by atoms with E-state index < -0.39 is 11.9 Å². The van der Waals surface area contributed by atoms with Crippen molar-refractivity contribution >= 4 is 0 Å². The molecule has 1 aromatic rings. The van der Waals surface area contributed by atoms with Crippen molar-refractivity contribution < 1.29 is 4.39 Å². The molecule has 1 aromatic carbocycles. The average Bonchev–Trinajstić information content (AvgIpc) is 2.17. The van der Waals surface area contributed by atoms with E-state index >= 15 is 0 Å². The molecule has 0 aliphatic rings. The van der Waals surface area contributed by atoms with Crippen molar-refractivity contribution in [3.8, 4) is 12.1 Å². The SMILES string of the molecule is N#CCC(N)c1ccc(F)cc1C#N. The molecule has 0 aliphatic carbocycles. The van der Waals surface area contributed by atoms with Crippen LogP contribution in [0.3, 0.4) is 0 Å². The molecule has 1 unspecified atom stereocenters. The van der Waals surface area contributed by atoms with Crippen LogP contribution >= 0.6 is 0 Å². The number of halogens is 1. The fourth-order valence-electron chi connectivity index (χ4n) is 1.16. The maximum absolute atomic E-state index is 12.7. The van der Waals surface area contributed by atoms with Crippen LogP contribution in [-0.4, -0.2) is 0 Å². The molecule has 0 aromatic heterocycles. The Hall–Kier alpha value is -1.91. The van der Waals surface area contributed by atoms with Gasteiger partial charge in [-0.25, -0.2) is 4.39 Å². The second kappa shape index (κ2) is 4.36. The molecule has 1 atom stereocenters. The zero-order valence-corrected chi connectivity index (χ0v) is 7.37. The van der Waals surface area contributed by atoms with Crippen LogP contribution in [0.25, 0.3) is 0 Å². The van der Waals surface area contributed by atoms with Gasteiger partial charge in [-0.1, -0.05) is 6.07 Å². The van der Waals surface area contributed by atoms with E-state index in [0.29, 0.717) is 5.56 Å². The van der Waals surface area contributed by atoms with Gasteiger partial charge in [0.15, 0.2) is 0 Å². The summed E-state index contributed by atoms with van der Waals surface area (Å²) >= 11 is 0. The van der Waals surface area contributed by atoms with Crippen molar-refractivity contribution in [3.63, 3.8) is 0 Å². The van der Waals surface area contributed by atoms with Gasteiger partial charge >= 0.3 is 0 Å². The van der Waals surface area contributed by atoms with Crippen LogP contribution in [0.5, 0.6) is 0 Å². The smallest absolute Gasteiger partial charge is 0.124 e. The van der Waals surface area contributed by atoms with Crippen LogP contribution in [0.4, 0.5) is 4.39 Å². The van der Waals surface area contributed by atoms with E-state index in [9.17, 15) is 4.39 Å². The zero-order valence-electron chi connectivity index (χ0n) is 7.37. The lowest BCUT2D eigenvalue weighted by Gasteiger charge is -2.09. The van der Waals surface area contributed by atoms with Gasteiger partial charge in [-0.2, -0.15) is 10.5 Å². The van der Waals surface area contributed by atoms with E-state index in [1.165, 1.54) is 12.1 Å². The van der Waals surface area contributed by atoms with Gasteiger partial charge in [0.25, 0.3) is 0 Å². The van der Waals surface area contributed by atoms with Gasteiger partial charge in [-0.05, 0) is 17.7 Å². The lowest BCUT2D eigenvalue weighted by Crippen LogP contribution is -2.11. The lowest BCUT2D eigenvalue weighted by molar-refractivity contribution is 0.624. The molecule has 3 nitrogen and oxygen atoms in total. The van der Waals surface area contributed by atoms with Crippen LogP contribution in [0.1, 0.15) is 23.6 Å². The fourth-order valence-corrected chi connectivity index (χ4v) is 1.16. The Labute approximate surface area is 81.2 Å². The molecule has 0 radical (unpaired) electrons. The van der Waals surface area contributed by atoms with Crippen LogP contribution in [-0.2, 0) is 0 Å². The quantitative estimate of drug-likeness (QED) is 0.768. The first kappa shape index (κ1) is 10.2. The van der Waals surface area contributed by atoms with Gasteiger partial charge in [0, 0.05) is 6.04 Å². The summed E-state index contributed by atoms with van der Waals surface area (Å²) in [6.45, 7) is 0. The number of nitriles is 2. The second-order valence-electron chi connectivity index (χ2n) is 2.81. The van der Waals surface area contributed by atoms with E-state index in [0.717, 1.165) is 6.07 Å². The third kappa shape index (κ3) is 2.07. The van der Waals surface area contributed by atoms with Crippen molar-refractivity contribution in [1.82, 2.24) is 0 Å². The second-order valence-corrected chi connectivity index (χ2v) is 2.81. The summed E-state index contributed by atoms with van der Waals surface area (Å²) in [7, 11) is 0. The summed E-state index contributed by atoms with van der Waals surface area (Å²) in [6, 6.07) is 7.01. The summed E-state index contributed by atoms with van der Waals surface area (Å²) in [5, 5.41) is 17.1. The van der Waals surface area contributed by atoms with E-state index in [1.54, 1.807) is 0 Å². The van der Waals surface area contributed by atoms with Crippen molar-refractivity contribution in [1.29, 1.82) is 10.5 Å². The normalized spacial score (nSPS) is 11.4. The maximum atomic E-state index is 12.7. The Morgan fingerprint density at radius 2 is 2.14 bits per heavy atom. The van der Waals surface area contributed by atoms with Crippen LogP contribution in [0.2, 0.25) is 0 Å². The number of benzene rings is 1. The first-order chi connectivity index (χ1) is 6.69. The standard InChI is InChI=1S/C10H8FN3/c11-8-1-2-9(7(5-8)6-13)10(14)3-4-12/h1-2,5,10H,3,14H2. The summed E-state index contributed by atoms with van der Waals surface area (Å²) in [6.07, 6.45) is 0.111. The third-order valence-corrected chi connectivity index (χ3v) is 1.85. The molecule has 2 N–H and O–H groups in total. The topological polar surface area (TPSA) is 73.6 Å². The molecular weight excluding hydrogens is 181 g/mol. The maximum Gasteiger partial charge on any atom is 0.124 e. The summed E-state index contributed by atoms with van der Waals surface area (Å²) < 4.78 is 12.7. The van der Waals surface area contributed by atoms with Crippen LogP contribution in [0, 0.1) is 28.5 Å². The molecule has 0 saturated heterocycles. The molecule has 1 rings (SSSR count). The third-order valence-electron chi connectivity index (χ3n) is 1.85. The van der Waals surface area contributed by atoms with E-state index in [2.05, 4.69) is 0 Å². The molecule has 0 aliphatic heterocycles. The predicted octanol–water partition coefficient (Wildman–Crippen LogP) is 1.61. The van der Waals surface area contributed by atoms with Crippen LogP contribution in [0.15, 0.2) is 18.2 Å². The monoisotopic (exact) mass is 189 g/mol. The number of nitrogens with zero attached hydrogens (tertiary/aromatic N) is 2. The highest BCUT2D eigenvalue weighted by atomic mass is 19.1. The Balaban J connectivity index is 3.10. The van der Waals surface area contributed by atoms with Gasteiger partial charge in [0.1, 0.15) is 5.82 Å². The van der Waals surface area contributed by atoms with Gasteiger partial charge in [0.05, 0.1) is 24.1 Å². The minimum Gasteiger partial charge on any atom is -0.323 e. The van der Waals surface area contributed by atoms with Crippen LogP contribution < -0.4 is 5.73 Å². The molecule has 0 spiro atoms. The highest BCUT2D eigenvalue weighted by molar-refractivity contribution is 5.40. The molecular formula is C10H8FN3. The van der Waals surface area contributed by atoms with Gasteiger partial charge in [-0.3, -0.25) is 0 Å². The summed E-state index contributed by atoms with van der Waals surface area (Å²) in [4.78, 5) is 0. The fraction of sp³-hybridized carbons (Fsp3) is 0.200. The Morgan fingerprint density at radius 1 is 1.43 bits per heavy atom. The molecule has 0 bridgehead atoms. The number of hydrogen-bond donors (Lipinski definition) is 1. The Kier molecular flexibility index (Phi) is 3.17. The highest BCUT2D eigenvalue weighted by Crippen LogP contribution is 2.18. The molecule has 0 saturated carbocycles. The number of nitrogens with two attached hydrogens (primary N) is 1. The van der Waals surface area contributed by atoms with E-state index in [1.807, 2.05) is 12.1 Å². The number of rotatable bonds is 2. The van der Waals surface area contributed by atoms with Gasteiger partial charge < -0.3 is 5.73 Å². The summed E-state index contributed by atoms with van der Waals surface area (Å²) in [5.74, 6) is -0.477. The van der Waals surface area contributed by atoms with Gasteiger partial charge in [0.2, 0.25) is 0 Å². The molecule has 4 heteroatoms. The molecule has 70 valence electrons. The van der Waals surface area contributed by atoms with Crippen molar-refractivity contribution in [2.24, 2.45) is 5.73 Å². The lowest BCUT2D eigenvalue weighted by atomic mass is 10.00. The summed E-state index contributed by atoms with van der Waals surface area (Å²) in [5.41, 5.74) is 6.33. The van der Waals surface area contributed by atoms with Crippen molar-refractivity contribution in [2.75, 3.05) is 0 Å². The molecule has 0 fully saturated rings. The van der Waals surface area contributed by atoms with Crippen molar-refractivity contribution in [2.45, 2.75) is 12.5 Å². The van der Waals surface area contributed by atoms with Gasteiger partial charge in [-0.15, -0.1) is 0 Å². The van der Waals surface area contributed by atoms with E-state index in [-0.39, 0.29) is 12.0 Å². The zero-order chi connectivity index (χ0) is 10.6. The number of hydrogen-bond acceptors (Lipinski definition) is 3. The Morgan fingerprint density at radius 3 is 2.71 bits per heavy atom. The minimum absolute atomic E-state index is 0.111. The van der Waals surface area contributed by atoms with E-state index in [4.69, 9.17) is 16.3 Å². The Bertz CT molecular complexity index is 414. The highest BCUT2D eigenvalue weighted by Gasteiger charge is 2.11. The average molecular weight is 189 g/mol. The molecule has 14 heavy (non-hydrogen) atoms. The minimum atomic E-state index is -0.532. The first-order valence-corrected chi connectivity index (χ1v) is 4.01.